The summed E-state index contributed by atoms with van der Waals surface area (Å²) in [6.07, 6.45) is 1.03. The number of primary amides is 1. The van der Waals surface area contributed by atoms with Gasteiger partial charge < -0.3 is 10.5 Å². The van der Waals surface area contributed by atoms with Crippen molar-refractivity contribution in [2.24, 2.45) is 11.7 Å². The molecule has 1 amide bonds. The van der Waals surface area contributed by atoms with E-state index in [-0.39, 0.29) is 5.97 Å². The average Bonchev–Trinajstić information content (AvgIpc) is 2.93. The van der Waals surface area contributed by atoms with E-state index in [0.717, 1.165) is 34.2 Å². The molecule has 0 fully saturated rings. The van der Waals surface area contributed by atoms with Gasteiger partial charge in [-0.15, -0.1) is 0 Å². The van der Waals surface area contributed by atoms with Crippen LogP contribution in [0.2, 0.25) is 0 Å². The summed E-state index contributed by atoms with van der Waals surface area (Å²) in [7, 11) is 0. The predicted molar refractivity (Wildman–Crippen MR) is 130 cm³/mol. The van der Waals surface area contributed by atoms with Crippen LogP contribution >= 0.6 is 0 Å². The molecule has 3 atom stereocenters. The first-order valence-electron chi connectivity index (χ1n) is 11.6. The van der Waals surface area contributed by atoms with Crippen molar-refractivity contribution < 1.29 is 14.3 Å². The van der Waals surface area contributed by atoms with Crippen molar-refractivity contribution in [2.45, 2.75) is 51.6 Å². The molecule has 3 aromatic carbocycles. The fourth-order valence-electron chi connectivity index (χ4n) is 4.75. The molecule has 0 aromatic heterocycles. The van der Waals surface area contributed by atoms with Gasteiger partial charge in [0, 0.05) is 6.42 Å². The molecule has 0 saturated heterocycles. The lowest BCUT2D eigenvalue weighted by Crippen LogP contribution is -2.23. The third-order valence-electron chi connectivity index (χ3n) is 6.45. The highest BCUT2D eigenvalue weighted by Gasteiger charge is 2.34. The number of ether oxygens (including phenoxy) is 1. The molecule has 33 heavy (non-hydrogen) atoms. The second-order valence-electron chi connectivity index (χ2n) is 9.35. The van der Waals surface area contributed by atoms with Gasteiger partial charge in [0.25, 0.3) is 0 Å². The lowest BCUT2D eigenvalue weighted by molar-refractivity contribution is -0.150. The largest absolute Gasteiger partial charge is 0.457 e. The van der Waals surface area contributed by atoms with Crippen LogP contribution in [0.25, 0.3) is 0 Å². The molecule has 4 rings (SSSR count). The summed E-state index contributed by atoms with van der Waals surface area (Å²) in [6, 6.07) is 23.6. The van der Waals surface area contributed by atoms with Crippen molar-refractivity contribution >= 4 is 11.9 Å². The lowest BCUT2D eigenvalue weighted by Gasteiger charge is -2.22. The highest BCUT2D eigenvalue weighted by molar-refractivity contribution is 5.87. The molecule has 0 spiro atoms. The summed E-state index contributed by atoms with van der Waals surface area (Å²) < 4.78 is 6.10. The normalized spacial score (nSPS) is 18.1. The van der Waals surface area contributed by atoms with Crippen molar-refractivity contribution in [3.05, 3.63) is 106 Å². The summed E-state index contributed by atoms with van der Waals surface area (Å²) in [5.74, 6) is -1.05. The number of amides is 1. The summed E-state index contributed by atoms with van der Waals surface area (Å²) in [5, 5.41) is 0. The van der Waals surface area contributed by atoms with Crippen molar-refractivity contribution in [1.82, 2.24) is 0 Å². The third-order valence-corrected chi connectivity index (χ3v) is 6.45. The van der Waals surface area contributed by atoms with E-state index in [1.807, 2.05) is 67.6 Å². The van der Waals surface area contributed by atoms with E-state index in [4.69, 9.17) is 10.5 Å². The third kappa shape index (κ3) is 4.85. The monoisotopic (exact) mass is 441 g/mol. The van der Waals surface area contributed by atoms with E-state index in [1.165, 1.54) is 5.56 Å². The maximum absolute atomic E-state index is 13.2. The Hall–Kier alpha value is -3.40. The summed E-state index contributed by atoms with van der Waals surface area (Å²) in [6.45, 7) is 6.27. The predicted octanol–water partition coefficient (Wildman–Crippen LogP) is 5.45. The Morgan fingerprint density at radius 3 is 2.12 bits per heavy atom. The van der Waals surface area contributed by atoms with Crippen molar-refractivity contribution in [3.8, 4) is 0 Å². The molecule has 0 bridgehead atoms. The van der Waals surface area contributed by atoms with Crippen LogP contribution in [0.4, 0.5) is 0 Å². The summed E-state index contributed by atoms with van der Waals surface area (Å²) in [5.41, 5.74) is 11.5. The van der Waals surface area contributed by atoms with E-state index in [9.17, 15) is 9.59 Å². The van der Waals surface area contributed by atoms with Crippen molar-refractivity contribution in [1.29, 1.82) is 0 Å². The fraction of sp³-hybridized carbons (Fsp3) is 0.310. The number of esters is 1. The van der Waals surface area contributed by atoms with Gasteiger partial charge in [-0.3, -0.25) is 9.59 Å². The molecule has 0 radical (unpaired) electrons. The van der Waals surface area contributed by atoms with Crippen LogP contribution in [0.1, 0.15) is 72.1 Å². The SMILES string of the molecule is CC(C)Cc1ccc([C@H](C)C(=O)O[C@H]2Cc3ccccc3C(C(N)=O)c3ccccc32)cc1. The zero-order valence-electron chi connectivity index (χ0n) is 19.5. The molecule has 3 aromatic rings. The van der Waals surface area contributed by atoms with E-state index >= 15 is 0 Å². The standard InChI is InChI=1S/C29H31NO3/c1-18(2)16-20-12-14-21(15-13-20)19(3)29(32)33-26-17-22-8-4-5-9-23(22)27(28(30)31)25-11-7-6-10-24(25)26/h4-15,18-19,26-27H,16-17H2,1-3H3,(H2,30,31)/t19-,26-,27?/m0/s1. The quantitative estimate of drug-likeness (QED) is 0.518. The maximum atomic E-state index is 13.2. The molecule has 4 heteroatoms. The Balaban J connectivity index is 1.62. The van der Waals surface area contributed by atoms with E-state index in [1.54, 1.807) is 0 Å². The average molecular weight is 442 g/mol. The molecule has 0 saturated carbocycles. The van der Waals surface area contributed by atoms with Crippen LogP contribution in [-0.4, -0.2) is 11.9 Å². The zero-order valence-corrected chi connectivity index (χ0v) is 19.5. The Morgan fingerprint density at radius 2 is 1.48 bits per heavy atom. The number of fused-ring (bicyclic) bond motifs is 2. The van der Waals surface area contributed by atoms with Crippen LogP contribution in [0.15, 0.2) is 72.8 Å². The highest BCUT2D eigenvalue weighted by atomic mass is 16.5. The maximum Gasteiger partial charge on any atom is 0.313 e. The molecule has 0 aliphatic heterocycles. The molecular weight excluding hydrogens is 410 g/mol. The number of carbonyl (C=O) groups excluding carboxylic acids is 2. The molecule has 1 unspecified atom stereocenters. The molecule has 170 valence electrons. The van der Waals surface area contributed by atoms with Gasteiger partial charge in [-0.2, -0.15) is 0 Å². The van der Waals surface area contributed by atoms with Gasteiger partial charge in [0.15, 0.2) is 0 Å². The second-order valence-corrected chi connectivity index (χ2v) is 9.35. The minimum atomic E-state index is -0.563. The lowest BCUT2D eigenvalue weighted by atomic mass is 9.87. The van der Waals surface area contributed by atoms with Crippen LogP contribution < -0.4 is 5.73 Å². The van der Waals surface area contributed by atoms with E-state index in [2.05, 4.69) is 26.0 Å². The fourth-order valence-corrected chi connectivity index (χ4v) is 4.75. The van der Waals surface area contributed by atoms with Crippen LogP contribution in [-0.2, 0) is 27.2 Å². The summed E-state index contributed by atoms with van der Waals surface area (Å²) >= 11 is 0. The van der Waals surface area contributed by atoms with Crippen LogP contribution in [0.3, 0.4) is 0 Å². The van der Waals surface area contributed by atoms with E-state index in [0.29, 0.717) is 12.3 Å². The Bertz CT molecular complexity index is 1150. The zero-order chi connectivity index (χ0) is 23.5. The molecule has 1 aliphatic carbocycles. The number of hydrogen-bond acceptors (Lipinski definition) is 3. The minimum absolute atomic E-state index is 0.276. The topological polar surface area (TPSA) is 69.4 Å². The van der Waals surface area contributed by atoms with Crippen molar-refractivity contribution in [3.63, 3.8) is 0 Å². The molecule has 1 aliphatic rings. The Kier molecular flexibility index (Phi) is 6.64. The number of nitrogens with two attached hydrogens (primary N) is 1. The van der Waals surface area contributed by atoms with Gasteiger partial charge in [0.1, 0.15) is 6.10 Å². The van der Waals surface area contributed by atoms with Crippen LogP contribution in [0, 0.1) is 5.92 Å². The molecule has 0 heterocycles. The van der Waals surface area contributed by atoms with Crippen LogP contribution in [0.5, 0.6) is 0 Å². The number of rotatable bonds is 6. The van der Waals surface area contributed by atoms with Gasteiger partial charge in [0.2, 0.25) is 5.91 Å². The van der Waals surface area contributed by atoms with E-state index < -0.39 is 23.8 Å². The van der Waals surface area contributed by atoms with Gasteiger partial charge >= 0.3 is 5.97 Å². The van der Waals surface area contributed by atoms with Gasteiger partial charge in [-0.05, 0) is 52.6 Å². The first-order chi connectivity index (χ1) is 15.8. The molecular formula is C29H31NO3. The molecule has 4 nitrogen and oxygen atoms in total. The Labute approximate surface area is 195 Å². The first kappa shape index (κ1) is 22.8. The number of carbonyl (C=O) groups is 2. The highest BCUT2D eigenvalue weighted by Crippen LogP contribution is 2.40. The Morgan fingerprint density at radius 1 is 0.879 bits per heavy atom. The van der Waals surface area contributed by atoms with Gasteiger partial charge in [-0.25, -0.2) is 0 Å². The minimum Gasteiger partial charge on any atom is -0.457 e. The number of benzene rings is 3. The van der Waals surface area contributed by atoms with Gasteiger partial charge in [0.05, 0.1) is 11.8 Å². The van der Waals surface area contributed by atoms with Crippen molar-refractivity contribution in [2.75, 3.05) is 0 Å². The first-order valence-corrected chi connectivity index (χ1v) is 11.6. The summed E-state index contributed by atoms with van der Waals surface area (Å²) in [4.78, 5) is 25.7. The van der Waals surface area contributed by atoms with Gasteiger partial charge in [-0.1, -0.05) is 86.6 Å². The number of hydrogen-bond donors (Lipinski definition) is 1. The molecule has 2 N–H and O–H groups in total. The second kappa shape index (κ2) is 9.62. The smallest absolute Gasteiger partial charge is 0.313 e.